The van der Waals surface area contributed by atoms with Crippen LogP contribution in [0.2, 0.25) is 0 Å². The molecule has 0 aliphatic heterocycles. The quantitative estimate of drug-likeness (QED) is 0.636. The number of phenolic OH excluding ortho intramolecular Hbond substituents is 3. The molecule has 0 saturated carbocycles. The predicted molar refractivity (Wildman–Crippen MR) is 92.6 cm³/mol. The van der Waals surface area contributed by atoms with Crippen LogP contribution in [0.3, 0.4) is 0 Å². The molecule has 0 amide bonds. The maximum absolute atomic E-state index is 12.8. The standard InChI is InChI=1S/C20H18O5/c1-9(2)4-5-11-14(21)8-13-17(19(11)24)20(25)16-12(18(13)23)6-10(3)7-15(16)22/h6-8,21-22,24H,1,4-5H2,2-3H3. The van der Waals surface area contributed by atoms with Crippen LogP contribution in [0.5, 0.6) is 17.2 Å². The summed E-state index contributed by atoms with van der Waals surface area (Å²) < 4.78 is 0. The Labute approximate surface area is 144 Å². The largest absolute Gasteiger partial charge is 0.508 e. The van der Waals surface area contributed by atoms with Gasteiger partial charge in [0.1, 0.15) is 17.2 Å². The highest BCUT2D eigenvalue weighted by atomic mass is 16.3. The Morgan fingerprint density at radius 1 is 0.960 bits per heavy atom. The number of allylic oxidation sites excluding steroid dienone is 1. The number of benzene rings is 2. The van der Waals surface area contributed by atoms with E-state index in [0.717, 1.165) is 5.57 Å². The molecule has 5 heteroatoms. The van der Waals surface area contributed by atoms with Crippen molar-refractivity contribution in [2.24, 2.45) is 0 Å². The van der Waals surface area contributed by atoms with Crippen molar-refractivity contribution < 1.29 is 24.9 Å². The summed E-state index contributed by atoms with van der Waals surface area (Å²) >= 11 is 0. The zero-order valence-corrected chi connectivity index (χ0v) is 14.0. The van der Waals surface area contributed by atoms with Gasteiger partial charge in [0.05, 0.1) is 11.1 Å². The van der Waals surface area contributed by atoms with Crippen LogP contribution in [-0.4, -0.2) is 26.9 Å². The zero-order chi connectivity index (χ0) is 18.5. The Morgan fingerprint density at radius 3 is 2.24 bits per heavy atom. The highest BCUT2D eigenvalue weighted by molar-refractivity contribution is 6.30. The fourth-order valence-electron chi connectivity index (χ4n) is 3.14. The molecule has 0 saturated heterocycles. The molecule has 2 aromatic rings. The molecule has 0 heterocycles. The van der Waals surface area contributed by atoms with E-state index in [9.17, 15) is 24.9 Å². The second kappa shape index (κ2) is 5.77. The van der Waals surface area contributed by atoms with E-state index in [1.165, 1.54) is 18.2 Å². The molecular formula is C20H18O5. The van der Waals surface area contributed by atoms with Gasteiger partial charge in [-0.05, 0) is 50.5 Å². The average Bonchev–Trinajstić information content (AvgIpc) is 2.50. The number of aromatic hydroxyl groups is 3. The monoisotopic (exact) mass is 338 g/mol. The van der Waals surface area contributed by atoms with Crippen molar-refractivity contribution in [1.82, 2.24) is 0 Å². The number of hydrogen-bond donors (Lipinski definition) is 3. The molecule has 5 nitrogen and oxygen atoms in total. The third kappa shape index (κ3) is 2.58. The van der Waals surface area contributed by atoms with E-state index in [4.69, 9.17) is 0 Å². The topological polar surface area (TPSA) is 94.8 Å². The van der Waals surface area contributed by atoms with Gasteiger partial charge in [0.2, 0.25) is 5.78 Å². The molecule has 0 bridgehead atoms. The van der Waals surface area contributed by atoms with Gasteiger partial charge >= 0.3 is 0 Å². The molecule has 0 unspecified atom stereocenters. The number of phenols is 3. The van der Waals surface area contributed by atoms with Crippen LogP contribution in [0.15, 0.2) is 30.4 Å². The third-order valence-electron chi connectivity index (χ3n) is 4.39. The van der Waals surface area contributed by atoms with E-state index in [1.807, 2.05) is 6.92 Å². The highest BCUT2D eigenvalue weighted by Crippen LogP contribution is 2.42. The Bertz CT molecular complexity index is 953. The summed E-state index contributed by atoms with van der Waals surface area (Å²) in [5, 5.41) is 30.9. The lowest BCUT2D eigenvalue weighted by atomic mass is 9.81. The molecule has 3 N–H and O–H groups in total. The van der Waals surface area contributed by atoms with Gasteiger partial charge in [-0.1, -0.05) is 5.57 Å². The lowest BCUT2D eigenvalue weighted by molar-refractivity contribution is 0.0973. The van der Waals surface area contributed by atoms with Crippen molar-refractivity contribution >= 4 is 11.6 Å². The third-order valence-corrected chi connectivity index (χ3v) is 4.39. The van der Waals surface area contributed by atoms with Crippen LogP contribution in [0.1, 0.15) is 56.3 Å². The molecule has 1 aliphatic rings. The number of fused-ring (bicyclic) bond motifs is 2. The van der Waals surface area contributed by atoms with Gasteiger partial charge < -0.3 is 15.3 Å². The van der Waals surface area contributed by atoms with Crippen molar-refractivity contribution in [1.29, 1.82) is 0 Å². The van der Waals surface area contributed by atoms with E-state index in [1.54, 1.807) is 6.92 Å². The first-order valence-electron chi connectivity index (χ1n) is 7.87. The van der Waals surface area contributed by atoms with Gasteiger partial charge in [-0.2, -0.15) is 0 Å². The predicted octanol–water partition coefficient (Wildman–Crippen LogP) is 3.40. The molecular weight excluding hydrogens is 320 g/mol. The van der Waals surface area contributed by atoms with Gasteiger partial charge in [-0.3, -0.25) is 9.59 Å². The molecule has 0 radical (unpaired) electrons. The molecule has 128 valence electrons. The fraction of sp³-hybridized carbons (Fsp3) is 0.200. The number of rotatable bonds is 3. The van der Waals surface area contributed by atoms with E-state index in [2.05, 4.69) is 6.58 Å². The summed E-state index contributed by atoms with van der Waals surface area (Å²) in [7, 11) is 0. The van der Waals surface area contributed by atoms with E-state index < -0.39 is 17.3 Å². The summed E-state index contributed by atoms with van der Waals surface area (Å²) in [6, 6.07) is 4.13. The molecule has 0 aromatic heterocycles. The molecule has 0 fully saturated rings. The molecule has 3 rings (SSSR count). The number of carbonyl (C=O) groups is 2. The number of aryl methyl sites for hydroxylation is 1. The fourth-order valence-corrected chi connectivity index (χ4v) is 3.14. The Hall–Kier alpha value is -3.08. The van der Waals surface area contributed by atoms with Crippen molar-refractivity contribution in [3.8, 4) is 17.2 Å². The minimum absolute atomic E-state index is 0.0587. The van der Waals surface area contributed by atoms with Gasteiger partial charge in [0, 0.05) is 16.7 Å². The van der Waals surface area contributed by atoms with Crippen LogP contribution in [0, 0.1) is 6.92 Å². The molecule has 0 atom stereocenters. The molecule has 0 spiro atoms. The van der Waals surface area contributed by atoms with Crippen molar-refractivity contribution in [3.63, 3.8) is 0 Å². The molecule has 1 aliphatic carbocycles. The second-order valence-electron chi connectivity index (χ2n) is 6.47. The van der Waals surface area contributed by atoms with E-state index >= 15 is 0 Å². The van der Waals surface area contributed by atoms with Gasteiger partial charge in [-0.15, -0.1) is 6.58 Å². The first-order chi connectivity index (χ1) is 11.7. The van der Waals surface area contributed by atoms with Crippen molar-refractivity contribution in [3.05, 3.63) is 63.7 Å². The van der Waals surface area contributed by atoms with Crippen molar-refractivity contribution in [2.45, 2.75) is 26.7 Å². The van der Waals surface area contributed by atoms with Crippen molar-refractivity contribution in [2.75, 3.05) is 0 Å². The van der Waals surface area contributed by atoms with E-state index in [-0.39, 0.29) is 45.7 Å². The summed E-state index contributed by atoms with van der Waals surface area (Å²) in [5.74, 6) is -2.09. The lowest BCUT2D eigenvalue weighted by Gasteiger charge is -2.22. The van der Waals surface area contributed by atoms with Gasteiger partial charge in [0.15, 0.2) is 5.78 Å². The maximum atomic E-state index is 12.8. The minimum Gasteiger partial charge on any atom is -0.508 e. The first-order valence-corrected chi connectivity index (χ1v) is 7.87. The number of carbonyl (C=O) groups excluding carboxylic acids is 2. The van der Waals surface area contributed by atoms with Gasteiger partial charge in [-0.25, -0.2) is 0 Å². The summed E-state index contributed by atoms with van der Waals surface area (Å²) in [5.41, 5.74) is 1.41. The molecule has 2 aromatic carbocycles. The van der Waals surface area contributed by atoms with Crippen LogP contribution in [0.25, 0.3) is 0 Å². The SMILES string of the molecule is C=C(C)CCc1c(O)cc2c(c1O)C(=O)c1c(O)cc(C)cc1C2=O. The number of hydrogen-bond acceptors (Lipinski definition) is 5. The Kier molecular flexibility index (Phi) is 3.87. The Balaban J connectivity index is 2.24. The first kappa shape index (κ1) is 16.8. The highest BCUT2D eigenvalue weighted by Gasteiger charge is 2.36. The number of ketones is 2. The van der Waals surface area contributed by atoms with Crippen LogP contribution in [-0.2, 0) is 6.42 Å². The van der Waals surface area contributed by atoms with E-state index in [0.29, 0.717) is 12.0 Å². The van der Waals surface area contributed by atoms with Crippen LogP contribution >= 0.6 is 0 Å². The lowest BCUT2D eigenvalue weighted by Crippen LogP contribution is -2.22. The second-order valence-corrected chi connectivity index (χ2v) is 6.47. The summed E-state index contributed by atoms with van der Waals surface area (Å²) in [4.78, 5) is 25.6. The minimum atomic E-state index is -0.629. The van der Waals surface area contributed by atoms with Crippen LogP contribution < -0.4 is 0 Å². The average molecular weight is 338 g/mol. The zero-order valence-electron chi connectivity index (χ0n) is 14.0. The normalized spacial score (nSPS) is 12.7. The Morgan fingerprint density at radius 2 is 1.60 bits per heavy atom. The molecule has 25 heavy (non-hydrogen) atoms. The smallest absolute Gasteiger partial charge is 0.201 e. The van der Waals surface area contributed by atoms with Gasteiger partial charge in [0.25, 0.3) is 0 Å². The summed E-state index contributed by atoms with van der Waals surface area (Å²) in [6.07, 6.45) is 0.803. The maximum Gasteiger partial charge on any atom is 0.201 e. The summed E-state index contributed by atoms with van der Waals surface area (Å²) in [6.45, 7) is 7.29. The van der Waals surface area contributed by atoms with Crippen LogP contribution in [0.4, 0.5) is 0 Å².